The third kappa shape index (κ3) is 5.14. The lowest BCUT2D eigenvalue weighted by molar-refractivity contribution is -0.161. The molecule has 1 aromatic rings. The molecule has 1 aromatic carbocycles. The number of carbonyl (C=O) groups is 4. The van der Waals surface area contributed by atoms with Crippen LogP contribution in [0.1, 0.15) is 45.1 Å². The average molecular weight is 542 g/mol. The number of piperidine rings is 1. The Morgan fingerprint density at radius 1 is 1.00 bits per heavy atom. The van der Waals surface area contributed by atoms with E-state index in [-0.39, 0.29) is 56.7 Å². The average Bonchev–Trinajstić information content (AvgIpc) is 3.59. The molecule has 2 saturated heterocycles. The fourth-order valence-corrected chi connectivity index (χ4v) is 6.00. The van der Waals surface area contributed by atoms with Gasteiger partial charge in [-0.2, -0.15) is 0 Å². The van der Waals surface area contributed by atoms with Crippen LogP contribution in [0, 0.1) is 11.3 Å². The SMILES string of the molecule is CCOC(=O)N1CCN(C(=O)C[C@@H]2C[C@@]3(C(=O)OCC)CCC=C3N(Cc3ccc4c(c3)OCO4)C2=O)CC1. The van der Waals surface area contributed by atoms with Gasteiger partial charge in [-0.3, -0.25) is 14.4 Å². The van der Waals surface area contributed by atoms with Gasteiger partial charge in [0.05, 0.1) is 19.8 Å². The van der Waals surface area contributed by atoms with Crippen molar-refractivity contribution in [2.24, 2.45) is 11.3 Å². The van der Waals surface area contributed by atoms with Gasteiger partial charge < -0.3 is 33.6 Å². The number of esters is 1. The van der Waals surface area contributed by atoms with E-state index < -0.39 is 11.3 Å². The van der Waals surface area contributed by atoms with Gasteiger partial charge in [0, 0.05) is 44.2 Å². The number of allylic oxidation sites excluding steroid dienone is 1. The van der Waals surface area contributed by atoms with E-state index in [0.717, 1.165) is 5.56 Å². The Hall–Kier alpha value is -3.76. The van der Waals surface area contributed by atoms with Crippen LogP contribution in [-0.4, -0.2) is 84.8 Å². The maximum absolute atomic E-state index is 13.9. The third-order valence-electron chi connectivity index (χ3n) is 7.92. The molecule has 3 heterocycles. The van der Waals surface area contributed by atoms with Crippen molar-refractivity contribution in [1.29, 1.82) is 0 Å². The zero-order valence-corrected chi connectivity index (χ0v) is 22.5. The molecule has 4 aliphatic rings. The summed E-state index contributed by atoms with van der Waals surface area (Å²) in [6.45, 7) is 5.92. The van der Waals surface area contributed by atoms with E-state index in [4.69, 9.17) is 18.9 Å². The molecule has 0 unspecified atom stereocenters. The highest BCUT2D eigenvalue weighted by atomic mass is 16.7. The molecule has 2 atom stereocenters. The molecule has 1 aliphatic carbocycles. The molecule has 0 radical (unpaired) electrons. The number of rotatable bonds is 7. The van der Waals surface area contributed by atoms with Gasteiger partial charge in [0.15, 0.2) is 11.5 Å². The number of piperazine rings is 1. The normalized spacial score (nSPS) is 23.8. The summed E-state index contributed by atoms with van der Waals surface area (Å²) in [6, 6.07) is 5.53. The fourth-order valence-electron chi connectivity index (χ4n) is 6.00. The summed E-state index contributed by atoms with van der Waals surface area (Å²) in [5.74, 6) is -0.103. The first-order valence-electron chi connectivity index (χ1n) is 13.6. The Balaban J connectivity index is 1.35. The van der Waals surface area contributed by atoms with E-state index in [0.29, 0.717) is 62.8 Å². The third-order valence-corrected chi connectivity index (χ3v) is 7.92. The van der Waals surface area contributed by atoms with Crippen LogP contribution < -0.4 is 9.47 Å². The second-order valence-corrected chi connectivity index (χ2v) is 10.2. The van der Waals surface area contributed by atoms with Gasteiger partial charge in [-0.1, -0.05) is 12.1 Å². The summed E-state index contributed by atoms with van der Waals surface area (Å²) < 4.78 is 21.5. The topological polar surface area (TPSA) is 115 Å². The largest absolute Gasteiger partial charge is 0.465 e. The molecule has 0 bridgehead atoms. The summed E-state index contributed by atoms with van der Waals surface area (Å²) in [5.41, 5.74) is 0.531. The molecule has 11 nitrogen and oxygen atoms in total. The zero-order chi connectivity index (χ0) is 27.6. The van der Waals surface area contributed by atoms with Gasteiger partial charge in [-0.15, -0.1) is 0 Å². The first-order chi connectivity index (χ1) is 18.9. The molecule has 39 heavy (non-hydrogen) atoms. The van der Waals surface area contributed by atoms with Crippen LogP contribution in [0.3, 0.4) is 0 Å². The van der Waals surface area contributed by atoms with Crippen LogP contribution in [0.4, 0.5) is 4.79 Å². The van der Waals surface area contributed by atoms with Gasteiger partial charge >= 0.3 is 12.1 Å². The van der Waals surface area contributed by atoms with Crippen LogP contribution in [-0.2, 0) is 30.4 Å². The maximum Gasteiger partial charge on any atom is 0.409 e. The Labute approximate surface area is 227 Å². The first-order valence-corrected chi connectivity index (χ1v) is 13.6. The monoisotopic (exact) mass is 541 g/mol. The Bertz CT molecular complexity index is 1180. The molecule has 0 N–H and O–H groups in total. The minimum Gasteiger partial charge on any atom is -0.465 e. The van der Waals surface area contributed by atoms with Crippen molar-refractivity contribution in [3.05, 3.63) is 35.5 Å². The van der Waals surface area contributed by atoms with Gasteiger partial charge in [-0.25, -0.2) is 4.79 Å². The Morgan fingerprint density at radius 2 is 1.72 bits per heavy atom. The van der Waals surface area contributed by atoms with E-state index >= 15 is 0 Å². The summed E-state index contributed by atoms with van der Waals surface area (Å²) in [7, 11) is 0. The molecule has 3 aliphatic heterocycles. The molecule has 11 heteroatoms. The predicted molar refractivity (Wildman–Crippen MR) is 137 cm³/mol. The molecular formula is C28H35N3O8. The second-order valence-electron chi connectivity index (χ2n) is 10.2. The lowest BCUT2D eigenvalue weighted by atomic mass is 9.71. The van der Waals surface area contributed by atoms with Crippen molar-refractivity contribution in [1.82, 2.24) is 14.7 Å². The molecule has 0 saturated carbocycles. The molecule has 5 rings (SSSR count). The van der Waals surface area contributed by atoms with E-state index in [1.165, 1.54) is 0 Å². The lowest BCUT2D eigenvalue weighted by Gasteiger charge is -2.44. The molecule has 210 valence electrons. The molecular weight excluding hydrogens is 506 g/mol. The van der Waals surface area contributed by atoms with Crippen LogP contribution >= 0.6 is 0 Å². The van der Waals surface area contributed by atoms with Crippen molar-refractivity contribution in [2.75, 3.05) is 46.2 Å². The fraction of sp³-hybridized carbons (Fsp3) is 0.571. The number of nitrogens with zero attached hydrogens (tertiary/aromatic N) is 3. The van der Waals surface area contributed by atoms with Crippen molar-refractivity contribution >= 4 is 23.9 Å². The van der Waals surface area contributed by atoms with Crippen LogP contribution in [0.25, 0.3) is 0 Å². The number of carbonyl (C=O) groups excluding carboxylic acids is 4. The van der Waals surface area contributed by atoms with Crippen molar-refractivity contribution in [2.45, 2.75) is 46.1 Å². The highest BCUT2D eigenvalue weighted by Crippen LogP contribution is 2.52. The predicted octanol–water partition coefficient (Wildman–Crippen LogP) is 2.68. The van der Waals surface area contributed by atoms with Crippen LogP contribution in [0.5, 0.6) is 11.5 Å². The summed E-state index contributed by atoms with van der Waals surface area (Å²) in [5, 5.41) is 0. The van der Waals surface area contributed by atoms with E-state index in [1.54, 1.807) is 28.5 Å². The lowest BCUT2D eigenvalue weighted by Crippen LogP contribution is -2.54. The van der Waals surface area contributed by atoms with Crippen molar-refractivity contribution in [3.63, 3.8) is 0 Å². The number of hydrogen-bond donors (Lipinski definition) is 0. The molecule has 3 amide bonds. The van der Waals surface area contributed by atoms with Crippen LogP contribution in [0.2, 0.25) is 0 Å². The Morgan fingerprint density at radius 3 is 2.46 bits per heavy atom. The first kappa shape index (κ1) is 26.8. The summed E-state index contributed by atoms with van der Waals surface area (Å²) in [6.07, 6.45) is 2.98. The van der Waals surface area contributed by atoms with E-state index in [2.05, 4.69) is 0 Å². The molecule has 2 fully saturated rings. The minimum atomic E-state index is -0.964. The number of ether oxygens (including phenoxy) is 4. The number of fused-ring (bicyclic) bond motifs is 2. The van der Waals surface area contributed by atoms with Crippen molar-refractivity contribution in [3.8, 4) is 11.5 Å². The van der Waals surface area contributed by atoms with Gasteiger partial charge in [0.1, 0.15) is 5.41 Å². The van der Waals surface area contributed by atoms with E-state index in [9.17, 15) is 19.2 Å². The van der Waals surface area contributed by atoms with E-state index in [1.807, 2.05) is 24.3 Å². The zero-order valence-electron chi connectivity index (χ0n) is 22.5. The highest BCUT2D eigenvalue weighted by Gasteiger charge is 2.55. The number of benzene rings is 1. The van der Waals surface area contributed by atoms with Crippen molar-refractivity contribution < 1.29 is 38.1 Å². The van der Waals surface area contributed by atoms with Gasteiger partial charge in [-0.05, 0) is 50.8 Å². The summed E-state index contributed by atoms with van der Waals surface area (Å²) in [4.78, 5) is 57.6. The second kappa shape index (κ2) is 11.2. The van der Waals surface area contributed by atoms with Crippen LogP contribution in [0.15, 0.2) is 30.0 Å². The smallest absolute Gasteiger partial charge is 0.409 e. The number of hydrogen-bond acceptors (Lipinski definition) is 8. The standard InChI is InChI=1S/C28H35N3O8/c1-3-36-26(34)28-9-5-6-23(28)31(17-19-7-8-21-22(14-19)39-18-38-21)25(33)20(16-28)15-24(32)29-10-12-30(13-11-29)27(35)37-4-2/h6-8,14,20H,3-5,9-13,15-18H2,1-2H3/t20-,28+/m1/s1. The minimum absolute atomic E-state index is 0.00961. The Kier molecular flexibility index (Phi) is 7.67. The number of likely N-dealkylation sites (tertiary alicyclic amines) is 1. The maximum atomic E-state index is 13.9. The number of amides is 3. The molecule has 0 spiro atoms. The van der Waals surface area contributed by atoms with Gasteiger partial charge in [0.2, 0.25) is 18.6 Å². The summed E-state index contributed by atoms with van der Waals surface area (Å²) >= 11 is 0. The quantitative estimate of drug-likeness (QED) is 0.484. The molecule has 0 aromatic heterocycles. The van der Waals surface area contributed by atoms with Gasteiger partial charge in [0.25, 0.3) is 0 Å². The highest BCUT2D eigenvalue weighted by molar-refractivity contribution is 5.92.